The molecule has 0 aliphatic carbocycles. The van der Waals surface area contributed by atoms with E-state index in [0.29, 0.717) is 0 Å². The SMILES string of the molecule is CCNC(=NCCCn1cccn1)NCCN1CCN(C(C)=O)CC1.I. The molecule has 9 heteroatoms. The number of halogens is 1. The highest BCUT2D eigenvalue weighted by atomic mass is 127. The molecular weight excluding hydrogens is 445 g/mol. The van der Waals surface area contributed by atoms with Crippen LogP contribution in [0.2, 0.25) is 0 Å². The predicted octanol–water partition coefficient (Wildman–Crippen LogP) is 0.610. The van der Waals surface area contributed by atoms with Gasteiger partial charge in [0.15, 0.2) is 5.96 Å². The lowest BCUT2D eigenvalue weighted by atomic mass is 10.3. The first-order chi connectivity index (χ1) is 12.2. The summed E-state index contributed by atoms with van der Waals surface area (Å²) in [5.41, 5.74) is 0. The van der Waals surface area contributed by atoms with E-state index in [1.807, 2.05) is 21.8 Å². The molecular formula is C17H32IN7O. The zero-order valence-corrected chi connectivity index (χ0v) is 18.2. The minimum Gasteiger partial charge on any atom is -0.357 e. The van der Waals surface area contributed by atoms with Crippen molar-refractivity contribution in [2.45, 2.75) is 26.8 Å². The van der Waals surface area contributed by atoms with E-state index in [9.17, 15) is 4.79 Å². The Morgan fingerprint density at radius 2 is 1.96 bits per heavy atom. The number of hydrogen-bond acceptors (Lipinski definition) is 4. The van der Waals surface area contributed by atoms with E-state index in [0.717, 1.165) is 71.3 Å². The van der Waals surface area contributed by atoms with Crippen LogP contribution >= 0.6 is 24.0 Å². The summed E-state index contributed by atoms with van der Waals surface area (Å²) in [5.74, 6) is 1.04. The summed E-state index contributed by atoms with van der Waals surface area (Å²) >= 11 is 0. The van der Waals surface area contributed by atoms with Gasteiger partial charge in [0.25, 0.3) is 0 Å². The van der Waals surface area contributed by atoms with Crippen molar-refractivity contribution in [1.29, 1.82) is 0 Å². The molecule has 148 valence electrons. The third kappa shape index (κ3) is 8.35. The highest BCUT2D eigenvalue weighted by molar-refractivity contribution is 14.0. The molecule has 2 N–H and O–H groups in total. The predicted molar refractivity (Wildman–Crippen MR) is 115 cm³/mol. The fraction of sp³-hybridized carbons (Fsp3) is 0.706. The van der Waals surface area contributed by atoms with Crippen LogP contribution in [0.25, 0.3) is 0 Å². The first-order valence-corrected chi connectivity index (χ1v) is 9.16. The Labute approximate surface area is 173 Å². The molecule has 1 saturated heterocycles. The lowest BCUT2D eigenvalue weighted by Crippen LogP contribution is -2.50. The maximum Gasteiger partial charge on any atom is 0.219 e. The number of amides is 1. The number of carbonyl (C=O) groups is 1. The van der Waals surface area contributed by atoms with E-state index in [-0.39, 0.29) is 29.9 Å². The first-order valence-electron chi connectivity index (χ1n) is 9.16. The number of carbonyl (C=O) groups excluding carboxylic acids is 1. The van der Waals surface area contributed by atoms with Crippen LogP contribution in [0, 0.1) is 0 Å². The van der Waals surface area contributed by atoms with Gasteiger partial charge in [-0.05, 0) is 19.4 Å². The highest BCUT2D eigenvalue weighted by Crippen LogP contribution is 2.00. The fourth-order valence-corrected chi connectivity index (χ4v) is 2.82. The summed E-state index contributed by atoms with van der Waals surface area (Å²) in [6.07, 6.45) is 4.73. The second-order valence-corrected chi connectivity index (χ2v) is 6.16. The molecule has 0 radical (unpaired) electrons. The van der Waals surface area contributed by atoms with E-state index < -0.39 is 0 Å². The van der Waals surface area contributed by atoms with Crippen LogP contribution in [0.15, 0.2) is 23.5 Å². The average molecular weight is 477 g/mol. The summed E-state index contributed by atoms with van der Waals surface area (Å²) in [6.45, 7) is 11.6. The van der Waals surface area contributed by atoms with Crippen molar-refractivity contribution >= 4 is 35.8 Å². The monoisotopic (exact) mass is 477 g/mol. The maximum atomic E-state index is 11.3. The number of rotatable bonds is 8. The molecule has 1 aliphatic heterocycles. The summed E-state index contributed by atoms with van der Waals surface area (Å²) in [5, 5.41) is 10.9. The molecule has 2 heterocycles. The molecule has 0 aromatic carbocycles. The van der Waals surface area contributed by atoms with Gasteiger partial charge >= 0.3 is 0 Å². The number of hydrogen-bond donors (Lipinski definition) is 2. The van der Waals surface area contributed by atoms with Gasteiger partial charge < -0.3 is 15.5 Å². The Balaban J connectivity index is 0.00000338. The average Bonchev–Trinajstić information content (AvgIpc) is 3.12. The molecule has 0 spiro atoms. The minimum atomic E-state index is 0. The smallest absolute Gasteiger partial charge is 0.219 e. The minimum absolute atomic E-state index is 0. The van der Waals surface area contributed by atoms with Gasteiger partial charge in [-0.25, -0.2) is 0 Å². The van der Waals surface area contributed by atoms with E-state index >= 15 is 0 Å². The number of nitrogens with zero attached hydrogens (tertiary/aromatic N) is 5. The van der Waals surface area contributed by atoms with E-state index in [1.54, 1.807) is 13.1 Å². The van der Waals surface area contributed by atoms with Crippen LogP contribution in [-0.4, -0.2) is 83.8 Å². The lowest BCUT2D eigenvalue weighted by molar-refractivity contribution is -0.130. The second-order valence-electron chi connectivity index (χ2n) is 6.16. The zero-order chi connectivity index (χ0) is 17.9. The van der Waals surface area contributed by atoms with E-state index in [4.69, 9.17) is 0 Å². The Morgan fingerprint density at radius 1 is 1.19 bits per heavy atom. The highest BCUT2D eigenvalue weighted by Gasteiger charge is 2.17. The summed E-state index contributed by atoms with van der Waals surface area (Å²) in [6, 6.07) is 1.94. The standard InChI is InChI=1S/C17H31N7O.HI/c1-3-18-17(19-6-4-9-24-10-5-7-21-24)20-8-11-22-12-14-23(15-13-22)16(2)25;/h5,7,10H,3-4,6,8-9,11-15H2,1-2H3,(H2,18,19,20);1H. The Bertz CT molecular complexity index is 527. The molecule has 2 rings (SSSR count). The molecule has 0 bridgehead atoms. The van der Waals surface area contributed by atoms with Crippen molar-refractivity contribution in [3.63, 3.8) is 0 Å². The molecule has 1 amide bonds. The fourth-order valence-electron chi connectivity index (χ4n) is 2.82. The quantitative estimate of drug-likeness (QED) is 0.248. The van der Waals surface area contributed by atoms with Gasteiger partial charge in [-0.1, -0.05) is 0 Å². The van der Waals surface area contributed by atoms with Gasteiger partial charge in [0, 0.05) is 78.2 Å². The lowest BCUT2D eigenvalue weighted by Gasteiger charge is -2.34. The molecule has 1 aromatic heterocycles. The van der Waals surface area contributed by atoms with Gasteiger partial charge in [-0.3, -0.25) is 19.4 Å². The largest absolute Gasteiger partial charge is 0.357 e. The molecule has 1 aromatic rings. The summed E-state index contributed by atoms with van der Waals surface area (Å²) in [4.78, 5) is 20.3. The molecule has 8 nitrogen and oxygen atoms in total. The molecule has 0 saturated carbocycles. The topological polar surface area (TPSA) is 77.8 Å². The molecule has 1 fully saturated rings. The Hall–Kier alpha value is -1.36. The van der Waals surface area contributed by atoms with E-state index in [2.05, 4.69) is 32.5 Å². The van der Waals surface area contributed by atoms with Gasteiger partial charge in [0.1, 0.15) is 0 Å². The number of guanidine groups is 1. The molecule has 26 heavy (non-hydrogen) atoms. The van der Waals surface area contributed by atoms with Crippen molar-refractivity contribution in [2.75, 3.05) is 52.4 Å². The van der Waals surface area contributed by atoms with Crippen LogP contribution in [0.1, 0.15) is 20.3 Å². The van der Waals surface area contributed by atoms with Crippen LogP contribution in [0.4, 0.5) is 0 Å². The van der Waals surface area contributed by atoms with Gasteiger partial charge in [0.05, 0.1) is 0 Å². The maximum absolute atomic E-state index is 11.3. The van der Waals surface area contributed by atoms with Crippen molar-refractivity contribution in [3.05, 3.63) is 18.5 Å². The van der Waals surface area contributed by atoms with Crippen LogP contribution in [-0.2, 0) is 11.3 Å². The van der Waals surface area contributed by atoms with Crippen molar-refractivity contribution in [1.82, 2.24) is 30.2 Å². The Morgan fingerprint density at radius 3 is 2.58 bits per heavy atom. The number of piperazine rings is 1. The van der Waals surface area contributed by atoms with Crippen molar-refractivity contribution in [2.24, 2.45) is 4.99 Å². The van der Waals surface area contributed by atoms with Gasteiger partial charge in [-0.2, -0.15) is 5.10 Å². The van der Waals surface area contributed by atoms with Crippen LogP contribution < -0.4 is 10.6 Å². The third-order valence-corrected chi connectivity index (χ3v) is 4.26. The summed E-state index contributed by atoms with van der Waals surface area (Å²) < 4.78 is 1.93. The third-order valence-electron chi connectivity index (χ3n) is 4.26. The molecule has 0 unspecified atom stereocenters. The second kappa shape index (κ2) is 12.9. The number of aliphatic imine (C=N–C) groups is 1. The molecule has 0 atom stereocenters. The number of aryl methyl sites for hydroxylation is 1. The van der Waals surface area contributed by atoms with E-state index in [1.165, 1.54) is 0 Å². The Kier molecular flexibility index (Phi) is 11.3. The van der Waals surface area contributed by atoms with Gasteiger partial charge in [0.2, 0.25) is 5.91 Å². The van der Waals surface area contributed by atoms with Crippen LogP contribution in [0.3, 0.4) is 0 Å². The van der Waals surface area contributed by atoms with Gasteiger partial charge in [-0.15, -0.1) is 24.0 Å². The van der Waals surface area contributed by atoms with Crippen LogP contribution in [0.5, 0.6) is 0 Å². The number of nitrogens with one attached hydrogen (secondary N) is 2. The summed E-state index contributed by atoms with van der Waals surface area (Å²) in [7, 11) is 0. The van der Waals surface area contributed by atoms with Crippen molar-refractivity contribution in [3.8, 4) is 0 Å². The van der Waals surface area contributed by atoms with Crippen molar-refractivity contribution < 1.29 is 4.79 Å². The zero-order valence-electron chi connectivity index (χ0n) is 15.9. The first kappa shape index (κ1) is 22.7. The normalized spacial score (nSPS) is 15.5. The number of aromatic nitrogens is 2. The molecule has 1 aliphatic rings.